The first-order valence-corrected chi connectivity index (χ1v) is 9.01. The van der Waals surface area contributed by atoms with Crippen LogP contribution in [0.25, 0.3) is 0 Å². The predicted molar refractivity (Wildman–Crippen MR) is 100 cm³/mol. The molecule has 164 valence electrons. The molecule has 29 heavy (non-hydrogen) atoms. The summed E-state index contributed by atoms with van der Waals surface area (Å²) in [6, 6.07) is -3.92. The molecule has 0 saturated heterocycles. The highest BCUT2D eigenvalue weighted by molar-refractivity contribution is 7.80. The second-order valence-corrected chi connectivity index (χ2v) is 6.26. The lowest BCUT2D eigenvalue weighted by atomic mass is 10.1. The minimum Gasteiger partial charge on any atom is -0.481 e. The van der Waals surface area contributed by atoms with E-state index >= 15 is 0 Å². The first-order valence-electron chi connectivity index (χ1n) is 8.38. The van der Waals surface area contributed by atoms with E-state index in [4.69, 9.17) is 21.1 Å². The highest BCUT2D eigenvalue weighted by Gasteiger charge is 2.27. The van der Waals surface area contributed by atoms with Crippen LogP contribution in [-0.4, -0.2) is 81.4 Å². The van der Waals surface area contributed by atoms with Gasteiger partial charge in [-0.2, -0.15) is 12.6 Å². The van der Waals surface area contributed by atoms with E-state index in [1.54, 1.807) is 0 Å². The fourth-order valence-electron chi connectivity index (χ4n) is 1.96. The molecule has 0 heterocycles. The molecule has 0 radical (unpaired) electrons. The molecule has 0 fully saturated rings. The van der Waals surface area contributed by atoms with E-state index in [0.29, 0.717) is 0 Å². The van der Waals surface area contributed by atoms with Gasteiger partial charge in [0.25, 0.3) is 0 Å². The number of hydrogen-bond acceptors (Lipinski definition) is 8. The minimum absolute atomic E-state index is 0.0318. The number of thiol groups is 1. The zero-order valence-corrected chi connectivity index (χ0v) is 16.2. The van der Waals surface area contributed by atoms with Crippen LogP contribution in [0.15, 0.2) is 0 Å². The normalized spacial score (nSPS) is 13.4. The van der Waals surface area contributed by atoms with Gasteiger partial charge in [0.2, 0.25) is 17.7 Å². The average Bonchev–Trinajstić information content (AvgIpc) is 2.64. The molecule has 0 aromatic heterocycles. The Hall–Kier alpha value is -2.87. The summed E-state index contributed by atoms with van der Waals surface area (Å²) in [4.78, 5) is 68.3. The summed E-state index contributed by atoms with van der Waals surface area (Å²) in [7, 11) is 0. The third-order valence-corrected chi connectivity index (χ3v) is 3.91. The highest BCUT2D eigenvalue weighted by Crippen LogP contribution is 2.03. The monoisotopic (exact) mass is 436 g/mol. The summed E-state index contributed by atoms with van der Waals surface area (Å²) in [5.41, 5.74) is 5.42. The summed E-state index contributed by atoms with van der Waals surface area (Å²) >= 11 is 3.83. The van der Waals surface area contributed by atoms with Gasteiger partial charge >= 0.3 is 17.9 Å². The van der Waals surface area contributed by atoms with Gasteiger partial charge < -0.3 is 37.0 Å². The molecule has 0 bridgehead atoms. The van der Waals surface area contributed by atoms with Crippen molar-refractivity contribution in [3.05, 3.63) is 0 Å². The van der Waals surface area contributed by atoms with E-state index in [0.717, 1.165) is 0 Å². The zero-order chi connectivity index (χ0) is 22.6. The second kappa shape index (κ2) is 13.3. The third-order valence-electron chi connectivity index (χ3n) is 3.52. The quantitative estimate of drug-likeness (QED) is 0.130. The summed E-state index contributed by atoms with van der Waals surface area (Å²) < 4.78 is 0. The molecule has 0 aromatic rings. The van der Waals surface area contributed by atoms with Crippen molar-refractivity contribution >= 4 is 48.3 Å². The fraction of sp³-hybridized carbons (Fsp3) is 0.600. The number of carbonyl (C=O) groups excluding carboxylic acids is 3. The van der Waals surface area contributed by atoms with E-state index in [9.17, 15) is 28.8 Å². The van der Waals surface area contributed by atoms with Crippen LogP contribution < -0.4 is 21.7 Å². The highest BCUT2D eigenvalue weighted by atomic mass is 32.1. The van der Waals surface area contributed by atoms with Gasteiger partial charge in [0.15, 0.2) is 0 Å². The Balaban J connectivity index is 4.99. The summed E-state index contributed by atoms with van der Waals surface area (Å²) in [6.07, 6.45) is -1.81. The number of nitrogens with two attached hydrogens (primary N) is 1. The molecule has 0 rings (SSSR count). The third kappa shape index (κ3) is 11.5. The molecule has 13 nitrogen and oxygen atoms in total. The fourth-order valence-corrected chi connectivity index (χ4v) is 2.13. The number of carboxylic acids is 3. The molecule has 0 aliphatic carbocycles. The van der Waals surface area contributed by atoms with Gasteiger partial charge in [-0.05, 0) is 12.8 Å². The van der Waals surface area contributed by atoms with Crippen LogP contribution in [-0.2, 0) is 28.8 Å². The SMILES string of the molecule is NC(CS)C(=O)NCC(=O)NC(CCC(=O)O)C(=O)NC(CCC(=O)O)C(=O)O. The van der Waals surface area contributed by atoms with Crippen molar-refractivity contribution in [2.75, 3.05) is 12.3 Å². The molecule has 0 saturated carbocycles. The summed E-state index contributed by atoms with van der Waals surface area (Å²) in [6.45, 7) is -0.557. The number of rotatable bonds is 14. The Morgan fingerprint density at radius 3 is 1.79 bits per heavy atom. The Labute approximate surface area is 170 Å². The maximum absolute atomic E-state index is 12.3. The number of amides is 3. The lowest BCUT2D eigenvalue weighted by Gasteiger charge is -2.21. The van der Waals surface area contributed by atoms with E-state index < -0.39 is 79.6 Å². The van der Waals surface area contributed by atoms with Crippen LogP contribution in [0.3, 0.4) is 0 Å². The van der Waals surface area contributed by atoms with Gasteiger partial charge in [0.05, 0.1) is 12.6 Å². The Morgan fingerprint density at radius 2 is 1.34 bits per heavy atom. The number of carbonyl (C=O) groups is 6. The average molecular weight is 436 g/mol. The summed E-state index contributed by atoms with van der Waals surface area (Å²) in [5, 5.41) is 33.0. The first kappa shape index (κ1) is 26.1. The van der Waals surface area contributed by atoms with Crippen LogP contribution in [0.4, 0.5) is 0 Å². The van der Waals surface area contributed by atoms with Crippen molar-refractivity contribution in [1.82, 2.24) is 16.0 Å². The van der Waals surface area contributed by atoms with Crippen LogP contribution in [0.1, 0.15) is 25.7 Å². The Morgan fingerprint density at radius 1 is 0.828 bits per heavy atom. The first-order chi connectivity index (χ1) is 13.5. The molecular weight excluding hydrogens is 412 g/mol. The van der Waals surface area contributed by atoms with Crippen molar-refractivity contribution < 1.29 is 44.1 Å². The van der Waals surface area contributed by atoms with Crippen molar-refractivity contribution in [2.45, 2.75) is 43.8 Å². The maximum Gasteiger partial charge on any atom is 0.326 e. The van der Waals surface area contributed by atoms with Gasteiger partial charge in [-0.15, -0.1) is 0 Å². The van der Waals surface area contributed by atoms with Crippen LogP contribution in [0.5, 0.6) is 0 Å². The van der Waals surface area contributed by atoms with E-state index in [2.05, 4.69) is 28.6 Å². The number of hydrogen-bond donors (Lipinski definition) is 8. The number of nitrogens with one attached hydrogen (secondary N) is 3. The van der Waals surface area contributed by atoms with Gasteiger partial charge in [0.1, 0.15) is 12.1 Å². The second-order valence-electron chi connectivity index (χ2n) is 5.89. The van der Waals surface area contributed by atoms with Gasteiger partial charge in [0, 0.05) is 18.6 Å². The summed E-state index contributed by atoms with van der Waals surface area (Å²) in [5.74, 6) is -6.49. The van der Waals surface area contributed by atoms with Crippen molar-refractivity contribution in [1.29, 1.82) is 0 Å². The predicted octanol–water partition coefficient (Wildman–Crippen LogP) is -2.86. The molecule has 0 aliphatic heterocycles. The van der Waals surface area contributed by atoms with Gasteiger partial charge in [-0.25, -0.2) is 4.79 Å². The molecule has 0 aromatic carbocycles. The molecule has 0 spiro atoms. The van der Waals surface area contributed by atoms with Crippen LogP contribution in [0.2, 0.25) is 0 Å². The van der Waals surface area contributed by atoms with E-state index in [-0.39, 0.29) is 12.2 Å². The lowest BCUT2D eigenvalue weighted by molar-refractivity contribution is -0.144. The topological polar surface area (TPSA) is 225 Å². The molecule has 14 heteroatoms. The van der Waals surface area contributed by atoms with Crippen molar-refractivity contribution in [3.8, 4) is 0 Å². The van der Waals surface area contributed by atoms with Gasteiger partial charge in [-0.3, -0.25) is 24.0 Å². The largest absolute Gasteiger partial charge is 0.481 e. The molecular formula is C15H24N4O9S. The Bertz CT molecular complexity index is 643. The lowest BCUT2D eigenvalue weighted by Crippen LogP contribution is -2.54. The van der Waals surface area contributed by atoms with Crippen LogP contribution in [0, 0.1) is 0 Å². The number of carboxylic acid groups (broad SMARTS) is 3. The minimum atomic E-state index is -1.55. The molecule has 3 unspecified atom stereocenters. The molecule has 3 amide bonds. The zero-order valence-electron chi connectivity index (χ0n) is 15.3. The molecule has 3 atom stereocenters. The van der Waals surface area contributed by atoms with Gasteiger partial charge in [-0.1, -0.05) is 0 Å². The van der Waals surface area contributed by atoms with Crippen molar-refractivity contribution in [2.24, 2.45) is 5.73 Å². The standard InChI is InChI=1S/C15H24N4O9S/c16-7(6-29)13(25)17-5-10(20)18-8(1-3-11(21)22)14(26)19-9(15(27)28)2-4-12(23)24/h7-9,29H,1-6,16H2,(H,17,25)(H,18,20)(H,19,26)(H,21,22)(H,23,24)(H,27,28). The van der Waals surface area contributed by atoms with Crippen LogP contribution >= 0.6 is 12.6 Å². The smallest absolute Gasteiger partial charge is 0.326 e. The van der Waals surface area contributed by atoms with E-state index in [1.807, 2.05) is 0 Å². The number of aliphatic carboxylic acids is 3. The van der Waals surface area contributed by atoms with E-state index in [1.165, 1.54) is 0 Å². The molecule has 8 N–H and O–H groups in total. The molecule has 0 aliphatic rings. The maximum atomic E-state index is 12.3. The Kier molecular flexibility index (Phi) is 12.0. The van der Waals surface area contributed by atoms with Crippen molar-refractivity contribution in [3.63, 3.8) is 0 Å².